The highest BCUT2D eigenvalue weighted by atomic mass is 35.5. The van der Waals surface area contributed by atoms with E-state index >= 15 is 0 Å². The van der Waals surface area contributed by atoms with Gasteiger partial charge >= 0.3 is 5.69 Å². The first-order chi connectivity index (χ1) is 19.5. The maximum absolute atomic E-state index is 12.8. The van der Waals surface area contributed by atoms with Crippen molar-refractivity contribution in [1.82, 2.24) is 39.5 Å². The number of imidazole rings is 1. The number of halogens is 2. The summed E-state index contributed by atoms with van der Waals surface area (Å²) in [5.41, 5.74) is 4.43. The molecule has 6 aromatic rings. The van der Waals surface area contributed by atoms with Crippen LogP contribution in [0.2, 0.25) is 10.0 Å². The number of pyridine rings is 1. The van der Waals surface area contributed by atoms with Crippen molar-refractivity contribution in [2.24, 2.45) is 0 Å². The summed E-state index contributed by atoms with van der Waals surface area (Å²) in [6.07, 6.45) is 7.33. The number of rotatable bonds is 5. The standard InChI is InChI=1S/C27H23Cl2N9OS/c1-2-17-22(29)21-24(33-17)35-26(40-16-12-19-23(32-13-16)31-8-7-30-19)36-25(21)37-9-5-15(6-10-37)38-20-4-3-14(28)11-18(20)34-27(38)39/h3-4,7-8,11-13,15H,2,5-6,9-10H2,1H3,(H,34,39)(H,33,35,36). The molecule has 0 atom stereocenters. The average Bonchev–Trinajstić information content (AvgIpc) is 3.47. The van der Waals surface area contributed by atoms with Gasteiger partial charge in [0.05, 0.1) is 21.4 Å². The van der Waals surface area contributed by atoms with Crippen LogP contribution in [0.1, 0.15) is 31.5 Å². The molecule has 0 aliphatic carbocycles. The summed E-state index contributed by atoms with van der Waals surface area (Å²) in [7, 11) is 0. The zero-order chi connectivity index (χ0) is 27.4. The third-order valence-electron chi connectivity index (χ3n) is 7.29. The molecule has 13 heteroatoms. The van der Waals surface area contributed by atoms with E-state index in [0.717, 1.165) is 52.1 Å². The van der Waals surface area contributed by atoms with Crippen molar-refractivity contribution >= 4 is 74.0 Å². The molecule has 0 unspecified atom stereocenters. The summed E-state index contributed by atoms with van der Waals surface area (Å²) in [6, 6.07) is 7.50. The van der Waals surface area contributed by atoms with Gasteiger partial charge in [0.15, 0.2) is 10.8 Å². The van der Waals surface area contributed by atoms with Gasteiger partial charge in [0.25, 0.3) is 0 Å². The summed E-state index contributed by atoms with van der Waals surface area (Å²) in [6.45, 7) is 3.48. The van der Waals surface area contributed by atoms with Crippen LogP contribution in [-0.2, 0) is 6.42 Å². The highest BCUT2D eigenvalue weighted by molar-refractivity contribution is 7.99. The lowest BCUT2D eigenvalue weighted by Crippen LogP contribution is -2.37. The van der Waals surface area contributed by atoms with Gasteiger partial charge in [-0.05, 0) is 55.3 Å². The molecule has 7 rings (SSSR count). The third kappa shape index (κ3) is 4.38. The van der Waals surface area contributed by atoms with Gasteiger partial charge in [-0.25, -0.2) is 24.7 Å². The fraction of sp³-hybridized carbons (Fsp3) is 0.259. The van der Waals surface area contributed by atoms with E-state index in [0.29, 0.717) is 45.1 Å². The molecule has 0 saturated carbocycles. The molecule has 0 bridgehead atoms. The van der Waals surface area contributed by atoms with E-state index in [1.807, 2.05) is 22.8 Å². The molecule has 0 radical (unpaired) electrons. The lowest BCUT2D eigenvalue weighted by Gasteiger charge is -2.33. The van der Waals surface area contributed by atoms with Gasteiger partial charge in [0, 0.05) is 53.3 Å². The fourth-order valence-electron chi connectivity index (χ4n) is 5.39. The second kappa shape index (κ2) is 10.1. The van der Waals surface area contributed by atoms with Crippen LogP contribution in [0, 0.1) is 0 Å². The molecule has 6 heterocycles. The van der Waals surface area contributed by atoms with Crippen molar-refractivity contribution in [3.63, 3.8) is 0 Å². The zero-order valence-electron chi connectivity index (χ0n) is 21.4. The third-order valence-corrected chi connectivity index (χ3v) is 8.77. The monoisotopic (exact) mass is 591 g/mol. The first-order valence-electron chi connectivity index (χ1n) is 13.0. The van der Waals surface area contributed by atoms with E-state index in [1.165, 1.54) is 11.8 Å². The number of aromatic nitrogens is 8. The Hall–Kier alpha value is -3.67. The number of piperidine rings is 1. The van der Waals surface area contributed by atoms with E-state index in [4.69, 9.17) is 33.2 Å². The average molecular weight is 593 g/mol. The summed E-state index contributed by atoms with van der Waals surface area (Å²) in [4.78, 5) is 45.1. The van der Waals surface area contributed by atoms with Crippen molar-refractivity contribution in [1.29, 1.82) is 0 Å². The van der Waals surface area contributed by atoms with Gasteiger partial charge in [-0.3, -0.25) is 9.55 Å². The highest BCUT2D eigenvalue weighted by Gasteiger charge is 2.28. The topological polar surface area (TPSA) is 121 Å². The highest BCUT2D eigenvalue weighted by Crippen LogP contribution is 2.38. The maximum atomic E-state index is 12.8. The normalized spacial score (nSPS) is 14.6. The van der Waals surface area contributed by atoms with Crippen LogP contribution < -0.4 is 10.6 Å². The number of nitrogens with one attached hydrogen (secondary N) is 2. The number of hydrogen-bond acceptors (Lipinski definition) is 8. The second-order valence-corrected chi connectivity index (χ2v) is 11.5. The van der Waals surface area contributed by atoms with E-state index in [1.54, 1.807) is 24.7 Å². The Morgan fingerprint density at radius 1 is 1.05 bits per heavy atom. The molecule has 40 heavy (non-hydrogen) atoms. The number of nitrogens with zero attached hydrogens (tertiary/aromatic N) is 7. The number of H-pyrrole nitrogens is 2. The second-order valence-electron chi connectivity index (χ2n) is 9.68. The lowest BCUT2D eigenvalue weighted by molar-refractivity contribution is 0.395. The Morgan fingerprint density at radius 3 is 2.70 bits per heavy atom. The Bertz CT molecular complexity index is 1960. The summed E-state index contributed by atoms with van der Waals surface area (Å²) >= 11 is 14.4. The molecule has 0 amide bonds. The first-order valence-corrected chi connectivity index (χ1v) is 14.5. The first kappa shape index (κ1) is 25.3. The number of fused-ring (bicyclic) bond motifs is 3. The number of anilines is 1. The van der Waals surface area contributed by atoms with Gasteiger partial charge in [-0.2, -0.15) is 0 Å². The van der Waals surface area contributed by atoms with Crippen molar-refractivity contribution in [2.45, 2.75) is 42.3 Å². The van der Waals surface area contributed by atoms with Gasteiger partial charge in [-0.15, -0.1) is 0 Å². The van der Waals surface area contributed by atoms with Crippen LogP contribution in [-0.4, -0.2) is 52.5 Å². The van der Waals surface area contributed by atoms with Crippen LogP contribution in [0.5, 0.6) is 0 Å². The molecule has 1 aromatic carbocycles. The maximum Gasteiger partial charge on any atom is 0.326 e. The molecule has 1 aliphatic rings. The summed E-state index contributed by atoms with van der Waals surface area (Å²) in [5, 5.41) is 2.65. The van der Waals surface area contributed by atoms with Crippen LogP contribution >= 0.6 is 35.0 Å². The minimum atomic E-state index is -0.117. The molecule has 2 N–H and O–H groups in total. The Labute approximate surface area is 242 Å². The minimum absolute atomic E-state index is 0.0579. The van der Waals surface area contributed by atoms with Gasteiger partial charge in [0.2, 0.25) is 0 Å². The molecule has 1 fully saturated rings. The quantitative estimate of drug-likeness (QED) is 0.241. The number of aryl methyl sites for hydroxylation is 1. The largest absolute Gasteiger partial charge is 0.356 e. The molecule has 1 saturated heterocycles. The summed E-state index contributed by atoms with van der Waals surface area (Å²) in [5.74, 6) is 0.790. The molecule has 0 spiro atoms. The predicted octanol–water partition coefficient (Wildman–Crippen LogP) is 5.80. The Kier molecular flexibility index (Phi) is 6.37. The Balaban J connectivity index is 1.22. The number of benzene rings is 1. The van der Waals surface area contributed by atoms with Crippen molar-refractivity contribution < 1.29 is 0 Å². The Morgan fingerprint density at radius 2 is 1.88 bits per heavy atom. The molecule has 202 valence electrons. The number of hydrogen-bond donors (Lipinski definition) is 2. The predicted molar refractivity (Wildman–Crippen MR) is 158 cm³/mol. The molecular formula is C27H23Cl2N9OS. The summed E-state index contributed by atoms with van der Waals surface area (Å²) < 4.78 is 1.86. The van der Waals surface area contributed by atoms with Crippen molar-refractivity contribution in [2.75, 3.05) is 18.0 Å². The fourth-order valence-corrected chi connectivity index (χ4v) is 6.67. The van der Waals surface area contributed by atoms with Crippen molar-refractivity contribution in [3.8, 4) is 0 Å². The van der Waals surface area contributed by atoms with E-state index in [2.05, 4.69) is 36.7 Å². The lowest BCUT2D eigenvalue weighted by atomic mass is 10.0. The van der Waals surface area contributed by atoms with Crippen LogP contribution in [0.15, 0.2) is 57.7 Å². The smallest absolute Gasteiger partial charge is 0.326 e. The molecular weight excluding hydrogens is 569 g/mol. The van der Waals surface area contributed by atoms with Crippen LogP contribution in [0.25, 0.3) is 33.2 Å². The van der Waals surface area contributed by atoms with Gasteiger partial charge < -0.3 is 14.9 Å². The molecule has 1 aliphatic heterocycles. The van der Waals surface area contributed by atoms with E-state index in [9.17, 15) is 4.79 Å². The molecule has 5 aromatic heterocycles. The zero-order valence-corrected chi connectivity index (χ0v) is 23.7. The minimum Gasteiger partial charge on any atom is -0.356 e. The van der Waals surface area contributed by atoms with Crippen molar-refractivity contribution in [3.05, 3.63) is 69.1 Å². The van der Waals surface area contributed by atoms with E-state index < -0.39 is 0 Å². The van der Waals surface area contributed by atoms with Crippen LogP contribution in [0.3, 0.4) is 0 Å². The number of aromatic amines is 2. The van der Waals surface area contributed by atoms with Crippen LogP contribution in [0.4, 0.5) is 5.82 Å². The van der Waals surface area contributed by atoms with Gasteiger partial charge in [0.1, 0.15) is 17.0 Å². The molecule has 10 nitrogen and oxygen atoms in total. The van der Waals surface area contributed by atoms with Gasteiger partial charge in [-0.1, -0.05) is 30.1 Å². The van der Waals surface area contributed by atoms with E-state index in [-0.39, 0.29) is 11.7 Å². The SMILES string of the molecule is CCc1[nH]c2nc(Sc3cnc4nccnc4c3)nc(N3CCC(n4c(=O)[nH]c5cc(Cl)ccc54)CC3)c2c1Cl.